The molecule has 0 spiro atoms. The van der Waals surface area contributed by atoms with Gasteiger partial charge in [0.25, 0.3) is 0 Å². The van der Waals surface area contributed by atoms with Crippen LogP contribution in [0.4, 0.5) is 11.4 Å². The number of anilines is 2. The quantitative estimate of drug-likeness (QED) is 0.748. The number of benzene rings is 2. The van der Waals surface area contributed by atoms with Crippen LogP contribution in [0.15, 0.2) is 36.4 Å². The smallest absolute Gasteiger partial charge is 0.248 e. The number of nitrogens with one attached hydrogen (secondary N) is 1. The summed E-state index contributed by atoms with van der Waals surface area (Å²) in [6, 6.07) is 9.55. The van der Waals surface area contributed by atoms with Gasteiger partial charge in [0.05, 0.1) is 19.2 Å². The molecule has 0 atom stereocenters. The molecule has 1 N–H and O–H groups in total. The van der Waals surface area contributed by atoms with Gasteiger partial charge in [-0.05, 0) is 54.8 Å². The predicted octanol–water partition coefficient (Wildman–Crippen LogP) is 4.39. The van der Waals surface area contributed by atoms with Crippen molar-refractivity contribution in [2.24, 2.45) is 0 Å². The summed E-state index contributed by atoms with van der Waals surface area (Å²) in [5.74, 6) is 0.782. The second-order valence-corrected chi connectivity index (χ2v) is 6.64. The van der Waals surface area contributed by atoms with Gasteiger partial charge in [-0.3, -0.25) is 4.79 Å². The summed E-state index contributed by atoms with van der Waals surface area (Å²) in [4.78, 5) is 14.6. The fourth-order valence-electron chi connectivity index (χ4n) is 3.24. The number of halogens is 1. The Morgan fingerprint density at radius 2 is 2.07 bits per heavy atom. The Hall–Kier alpha value is -2.66. The molecule has 0 unspecified atom stereocenters. The number of nitrogens with zero attached hydrogens (tertiary/aromatic N) is 1. The number of hydrogen-bond donors (Lipinski definition) is 1. The fraction of sp³-hybridized carbons (Fsp3) is 0.286. The van der Waals surface area contributed by atoms with Crippen LogP contribution >= 0.6 is 11.6 Å². The zero-order valence-corrected chi connectivity index (χ0v) is 16.5. The molecular weight excluding hydrogens is 364 g/mol. The SMILES string of the molecule is CCN1CCc2ccc(NC(=O)/C=C/c3cc(Cl)c(OC)c(OC)c3)cc21. The fourth-order valence-corrected chi connectivity index (χ4v) is 3.54. The van der Waals surface area contributed by atoms with E-state index in [2.05, 4.69) is 23.2 Å². The van der Waals surface area contributed by atoms with E-state index in [-0.39, 0.29) is 5.91 Å². The van der Waals surface area contributed by atoms with Crippen LogP contribution in [-0.4, -0.2) is 33.2 Å². The number of amides is 1. The molecule has 0 saturated heterocycles. The van der Waals surface area contributed by atoms with E-state index in [0.717, 1.165) is 30.8 Å². The molecule has 0 aromatic heterocycles. The lowest BCUT2D eigenvalue weighted by Crippen LogP contribution is -2.19. The van der Waals surface area contributed by atoms with Crippen molar-refractivity contribution in [3.63, 3.8) is 0 Å². The van der Waals surface area contributed by atoms with Gasteiger partial charge < -0.3 is 19.7 Å². The summed E-state index contributed by atoms with van der Waals surface area (Å²) < 4.78 is 10.5. The molecule has 0 bridgehead atoms. The third kappa shape index (κ3) is 4.19. The van der Waals surface area contributed by atoms with Crippen molar-refractivity contribution < 1.29 is 14.3 Å². The Morgan fingerprint density at radius 3 is 2.78 bits per heavy atom. The van der Waals surface area contributed by atoms with E-state index in [1.165, 1.54) is 24.4 Å². The third-order valence-electron chi connectivity index (χ3n) is 4.61. The number of carbonyl (C=O) groups is 1. The van der Waals surface area contributed by atoms with Crippen molar-refractivity contribution in [3.05, 3.63) is 52.6 Å². The average Bonchev–Trinajstić information content (AvgIpc) is 3.08. The van der Waals surface area contributed by atoms with E-state index in [1.54, 1.807) is 25.3 Å². The molecule has 1 aliphatic rings. The average molecular weight is 387 g/mol. The maximum absolute atomic E-state index is 12.3. The van der Waals surface area contributed by atoms with E-state index >= 15 is 0 Å². The minimum Gasteiger partial charge on any atom is -0.493 e. The lowest BCUT2D eigenvalue weighted by atomic mass is 10.1. The molecule has 1 amide bonds. The first kappa shape index (κ1) is 19.1. The Balaban J connectivity index is 1.72. The molecule has 2 aromatic carbocycles. The monoisotopic (exact) mass is 386 g/mol. The van der Waals surface area contributed by atoms with Crippen LogP contribution in [0.25, 0.3) is 6.08 Å². The molecule has 6 heteroatoms. The standard InChI is InChI=1S/C21H23ClN2O3/c1-4-24-10-9-15-6-7-16(13-18(15)24)23-20(25)8-5-14-11-17(22)21(27-3)19(12-14)26-2/h5-8,11-13H,4,9-10H2,1-3H3,(H,23,25)/b8-5+. The molecule has 142 valence electrons. The van der Waals surface area contributed by atoms with Gasteiger partial charge >= 0.3 is 0 Å². The normalized spacial score (nSPS) is 13.0. The maximum atomic E-state index is 12.3. The van der Waals surface area contributed by atoms with Crippen LogP contribution in [0.5, 0.6) is 11.5 Å². The number of fused-ring (bicyclic) bond motifs is 1. The van der Waals surface area contributed by atoms with Crippen molar-refractivity contribution in [1.82, 2.24) is 0 Å². The van der Waals surface area contributed by atoms with Crippen LogP contribution in [0.1, 0.15) is 18.1 Å². The predicted molar refractivity (Wildman–Crippen MR) is 110 cm³/mol. The van der Waals surface area contributed by atoms with E-state index in [0.29, 0.717) is 16.5 Å². The Labute approximate surface area is 164 Å². The molecule has 3 rings (SSSR count). The van der Waals surface area contributed by atoms with E-state index in [1.807, 2.05) is 12.1 Å². The summed E-state index contributed by atoms with van der Waals surface area (Å²) >= 11 is 6.20. The highest BCUT2D eigenvalue weighted by atomic mass is 35.5. The number of rotatable bonds is 6. The molecular formula is C21H23ClN2O3. The largest absolute Gasteiger partial charge is 0.493 e. The van der Waals surface area contributed by atoms with Gasteiger partial charge in [0, 0.05) is 30.5 Å². The van der Waals surface area contributed by atoms with Gasteiger partial charge in [0.1, 0.15) is 0 Å². The summed E-state index contributed by atoms with van der Waals surface area (Å²) in [5, 5.41) is 3.34. The molecule has 0 fully saturated rings. The number of ether oxygens (including phenoxy) is 2. The topological polar surface area (TPSA) is 50.8 Å². The van der Waals surface area contributed by atoms with Gasteiger partial charge in [-0.2, -0.15) is 0 Å². The highest BCUT2D eigenvalue weighted by Gasteiger charge is 2.18. The Morgan fingerprint density at radius 1 is 1.26 bits per heavy atom. The third-order valence-corrected chi connectivity index (χ3v) is 4.89. The highest BCUT2D eigenvalue weighted by Crippen LogP contribution is 2.36. The first-order valence-electron chi connectivity index (χ1n) is 8.84. The van der Waals surface area contributed by atoms with Crippen LogP contribution in [0.2, 0.25) is 5.02 Å². The zero-order valence-electron chi connectivity index (χ0n) is 15.7. The van der Waals surface area contributed by atoms with Crippen molar-refractivity contribution in [2.75, 3.05) is 37.5 Å². The summed E-state index contributed by atoms with van der Waals surface area (Å²) in [6.45, 7) is 4.13. The maximum Gasteiger partial charge on any atom is 0.248 e. The molecule has 1 heterocycles. The number of carbonyl (C=O) groups excluding carboxylic acids is 1. The first-order valence-corrected chi connectivity index (χ1v) is 9.22. The van der Waals surface area contributed by atoms with Gasteiger partial charge in [0.2, 0.25) is 5.91 Å². The van der Waals surface area contributed by atoms with Crippen molar-refractivity contribution in [2.45, 2.75) is 13.3 Å². The Bertz CT molecular complexity index is 880. The van der Waals surface area contributed by atoms with Crippen molar-refractivity contribution in [1.29, 1.82) is 0 Å². The lowest BCUT2D eigenvalue weighted by Gasteiger charge is -2.17. The zero-order chi connectivity index (χ0) is 19.4. The van der Waals surface area contributed by atoms with E-state index < -0.39 is 0 Å². The van der Waals surface area contributed by atoms with Crippen LogP contribution < -0.4 is 19.7 Å². The van der Waals surface area contributed by atoms with Gasteiger partial charge in [-0.25, -0.2) is 0 Å². The summed E-state index contributed by atoms with van der Waals surface area (Å²) in [5.41, 5.74) is 4.06. The van der Waals surface area contributed by atoms with Crippen LogP contribution in [0.3, 0.4) is 0 Å². The number of likely N-dealkylation sites (N-methyl/N-ethyl adjacent to an activating group) is 1. The van der Waals surface area contributed by atoms with Gasteiger partial charge in [-0.1, -0.05) is 17.7 Å². The second-order valence-electron chi connectivity index (χ2n) is 6.23. The van der Waals surface area contributed by atoms with Crippen molar-refractivity contribution in [3.8, 4) is 11.5 Å². The first-order chi connectivity index (χ1) is 13.0. The molecule has 0 saturated carbocycles. The van der Waals surface area contributed by atoms with Crippen molar-refractivity contribution >= 4 is 35.0 Å². The number of hydrogen-bond acceptors (Lipinski definition) is 4. The molecule has 0 aliphatic carbocycles. The molecule has 1 aliphatic heterocycles. The summed E-state index contributed by atoms with van der Waals surface area (Å²) in [6.07, 6.45) is 4.22. The van der Waals surface area contributed by atoms with Crippen LogP contribution in [-0.2, 0) is 11.2 Å². The van der Waals surface area contributed by atoms with Gasteiger partial charge in [-0.15, -0.1) is 0 Å². The van der Waals surface area contributed by atoms with Crippen LogP contribution in [0, 0.1) is 0 Å². The number of methoxy groups -OCH3 is 2. The molecule has 5 nitrogen and oxygen atoms in total. The minimum absolute atomic E-state index is 0.207. The molecule has 0 radical (unpaired) electrons. The molecule has 2 aromatic rings. The van der Waals surface area contributed by atoms with E-state index in [9.17, 15) is 4.79 Å². The van der Waals surface area contributed by atoms with E-state index in [4.69, 9.17) is 21.1 Å². The summed E-state index contributed by atoms with van der Waals surface area (Å²) in [7, 11) is 3.07. The van der Waals surface area contributed by atoms with Gasteiger partial charge in [0.15, 0.2) is 11.5 Å². The second kappa shape index (κ2) is 8.35. The minimum atomic E-state index is -0.207. The highest BCUT2D eigenvalue weighted by molar-refractivity contribution is 6.32. The molecule has 27 heavy (non-hydrogen) atoms. The Kier molecular flexibility index (Phi) is 5.91. The lowest BCUT2D eigenvalue weighted by molar-refractivity contribution is -0.111.